The van der Waals surface area contributed by atoms with Gasteiger partial charge in [0.05, 0.1) is 23.7 Å². The minimum absolute atomic E-state index is 0.232. The van der Waals surface area contributed by atoms with Crippen LogP contribution in [0.1, 0.15) is 15.9 Å². The summed E-state index contributed by atoms with van der Waals surface area (Å²) in [6.07, 6.45) is 3.34. The molecule has 6 nitrogen and oxygen atoms in total. The molecule has 114 valence electrons. The number of rotatable bonds is 4. The highest BCUT2D eigenvalue weighted by Crippen LogP contribution is 2.19. The van der Waals surface area contributed by atoms with Gasteiger partial charge in [-0.3, -0.25) is 0 Å². The maximum absolute atomic E-state index is 10.8. The van der Waals surface area contributed by atoms with Gasteiger partial charge in [0.15, 0.2) is 0 Å². The lowest BCUT2D eigenvalue weighted by Crippen LogP contribution is -1.98. The van der Waals surface area contributed by atoms with Crippen molar-refractivity contribution < 1.29 is 9.90 Å². The summed E-state index contributed by atoms with van der Waals surface area (Å²) >= 11 is 0. The Labute approximate surface area is 132 Å². The summed E-state index contributed by atoms with van der Waals surface area (Å²) in [5, 5.41) is 13.1. The third-order valence-corrected chi connectivity index (χ3v) is 3.27. The van der Waals surface area contributed by atoms with Crippen LogP contribution >= 0.6 is 0 Å². The Morgan fingerprint density at radius 2 is 1.83 bits per heavy atom. The molecule has 0 fully saturated rings. The Morgan fingerprint density at radius 1 is 1.13 bits per heavy atom. The molecule has 0 bridgehead atoms. The number of nitrogens with two attached hydrogens (primary N) is 1. The number of carboxylic acid groups (broad SMARTS) is 1. The van der Waals surface area contributed by atoms with Gasteiger partial charge in [-0.25, -0.2) is 14.5 Å². The van der Waals surface area contributed by atoms with E-state index in [-0.39, 0.29) is 11.5 Å². The summed E-state index contributed by atoms with van der Waals surface area (Å²) in [4.78, 5) is 15.1. The Bertz CT molecular complexity index is 852. The average Bonchev–Trinajstić information content (AvgIpc) is 2.95. The first kappa shape index (κ1) is 14.5. The van der Waals surface area contributed by atoms with Crippen molar-refractivity contribution in [1.82, 2.24) is 9.66 Å². The molecule has 3 rings (SSSR count). The van der Waals surface area contributed by atoms with Gasteiger partial charge in [0.2, 0.25) is 5.95 Å². The fraction of sp³-hybridized carbons (Fsp3) is 0. The van der Waals surface area contributed by atoms with Crippen molar-refractivity contribution in [3.8, 4) is 11.3 Å². The van der Waals surface area contributed by atoms with E-state index in [2.05, 4.69) is 10.1 Å². The molecular weight excluding hydrogens is 292 g/mol. The Hall–Kier alpha value is -3.41. The predicted molar refractivity (Wildman–Crippen MR) is 88.5 cm³/mol. The van der Waals surface area contributed by atoms with Crippen LogP contribution in [0.3, 0.4) is 0 Å². The fourth-order valence-corrected chi connectivity index (χ4v) is 2.07. The molecule has 0 unspecified atom stereocenters. The zero-order valence-corrected chi connectivity index (χ0v) is 12.1. The maximum atomic E-state index is 10.8. The summed E-state index contributed by atoms with van der Waals surface area (Å²) < 4.78 is 1.48. The molecule has 0 aliphatic carbocycles. The topological polar surface area (TPSA) is 93.5 Å². The van der Waals surface area contributed by atoms with Gasteiger partial charge in [-0.05, 0) is 17.7 Å². The monoisotopic (exact) mass is 306 g/mol. The lowest BCUT2D eigenvalue weighted by atomic mass is 10.1. The lowest BCUT2D eigenvalue weighted by molar-refractivity contribution is 0.0697. The van der Waals surface area contributed by atoms with Crippen LogP contribution in [-0.2, 0) is 0 Å². The molecule has 0 aliphatic heterocycles. The third-order valence-electron chi connectivity index (χ3n) is 3.27. The molecule has 3 aromatic rings. The second kappa shape index (κ2) is 6.15. The molecule has 0 spiro atoms. The van der Waals surface area contributed by atoms with Crippen molar-refractivity contribution in [3.05, 3.63) is 71.9 Å². The van der Waals surface area contributed by atoms with Gasteiger partial charge >= 0.3 is 5.97 Å². The van der Waals surface area contributed by atoms with Gasteiger partial charge in [0, 0.05) is 5.56 Å². The number of imidazole rings is 1. The van der Waals surface area contributed by atoms with Crippen molar-refractivity contribution in [2.75, 3.05) is 5.73 Å². The van der Waals surface area contributed by atoms with E-state index in [1.807, 2.05) is 30.3 Å². The maximum Gasteiger partial charge on any atom is 0.335 e. The van der Waals surface area contributed by atoms with Crippen LogP contribution in [0.4, 0.5) is 5.95 Å². The van der Waals surface area contributed by atoms with Gasteiger partial charge in [-0.15, -0.1) is 0 Å². The summed E-state index contributed by atoms with van der Waals surface area (Å²) in [5.74, 6) is -0.679. The van der Waals surface area contributed by atoms with Gasteiger partial charge in [-0.2, -0.15) is 5.10 Å². The zero-order valence-electron chi connectivity index (χ0n) is 12.1. The predicted octanol–water partition coefficient (Wildman–Crippen LogP) is 2.71. The Balaban J connectivity index is 1.82. The van der Waals surface area contributed by atoms with Crippen LogP contribution in [0, 0.1) is 0 Å². The number of aromatic carboxylic acids is 1. The molecule has 0 atom stereocenters. The summed E-state index contributed by atoms with van der Waals surface area (Å²) in [6, 6.07) is 16.1. The lowest BCUT2D eigenvalue weighted by Gasteiger charge is -1.97. The van der Waals surface area contributed by atoms with E-state index in [0.717, 1.165) is 16.8 Å². The standard InChI is InChI=1S/C17H14N4O2/c18-17-20-15(13-4-2-1-3-5-13)11-21(17)19-10-12-6-8-14(9-7-12)16(22)23/h1-11H,(H2,18,20)(H,22,23)/b19-10+. The molecule has 6 heteroatoms. The molecular formula is C17H14N4O2. The molecule has 2 aromatic carbocycles. The average molecular weight is 306 g/mol. The second-order valence-corrected chi connectivity index (χ2v) is 4.87. The van der Waals surface area contributed by atoms with E-state index in [9.17, 15) is 4.79 Å². The van der Waals surface area contributed by atoms with Crippen molar-refractivity contribution in [1.29, 1.82) is 0 Å². The van der Waals surface area contributed by atoms with Crippen LogP contribution < -0.4 is 5.73 Å². The highest BCUT2D eigenvalue weighted by Gasteiger charge is 2.05. The van der Waals surface area contributed by atoms with E-state index in [4.69, 9.17) is 10.8 Å². The van der Waals surface area contributed by atoms with Crippen LogP contribution in [0.5, 0.6) is 0 Å². The first-order valence-electron chi connectivity index (χ1n) is 6.91. The number of hydrogen-bond donors (Lipinski definition) is 2. The Morgan fingerprint density at radius 3 is 2.48 bits per heavy atom. The highest BCUT2D eigenvalue weighted by atomic mass is 16.4. The quantitative estimate of drug-likeness (QED) is 0.725. The SMILES string of the molecule is Nc1nc(-c2ccccc2)cn1/N=C/c1ccc(C(=O)O)cc1. The molecule has 1 heterocycles. The molecule has 3 N–H and O–H groups in total. The van der Waals surface area contributed by atoms with Crippen molar-refractivity contribution in [3.63, 3.8) is 0 Å². The molecule has 0 amide bonds. The largest absolute Gasteiger partial charge is 0.478 e. The third kappa shape index (κ3) is 3.26. The molecule has 0 saturated heterocycles. The first-order valence-corrected chi connectivity index (χ1v) is 6.91. The number of hydrogen-bond acceptors (Lipinski definition) is 4. The molecule has 0 saturated carbocycles. The number of carboxylic acids is 1. The second-order valence-electron chi connectivity index (χ2n) is 4.87. The normalized spacial score (nSPS) is 11.0. The van der Waals surface area contributed by atoms with Crippen LogP contribution in [0.25, 0.3) is 11.3 Å². The minimum atomic E-state index is -0.958. The molecule has 1 aromatic heterocycles. The van der Waals surface area contributed by atoms with E-state index >= 15 is 0 Å². The van der Waals surface area contributed by atoms with Gasteiger partial charge in [0.1, 0.15) is 0 Å². The number of carbonyl (C=O) groups is 1. The fourth-order valence-electron chi connectivity index (χ4n) is 2.07. The summed E-state index contributed by atoms with van der Waals surface area (Å²) in [7, 11) is 0. The summed E-state index contributed by atoms with van der Waals surface area (Å²) in [6.45, 7) is 0. The van der Waals surface area contributed by atoms with E-state index in [1.165, 1.54) is 16.8 Å². The molecule has 0 radical (unpaired) electrons. The van der Waals surface area contributed by atoms with Gasteiger partial charge in [-0.1, -0.05) is 42.5 Å². The van der Waals surface area contributed by atoms with Crippen molar-refractivity contribution in [2.45, 2.75) is 0 Å². The van der Waals surface area contributed by atoms with Gasteiger partial charge in [0.25, 0.3) is 0 Å². The van der Waals surface area contributed by atoms with E-state index in [1.54, 1.807) is 24.5 Å². The highest BCUT2D eigenvalue weighted by molar-refractivity contribution is 5.89. The number of nitrogen functional groups attached to an aromatic ring is 1. The number of anilines is 1. The van der Waals surface area contributed by atoms with E-state index in [0.29, 0.717) is 0 Å². The van der Waals surface area contributed by atoms with Crippen molar-refractivity contribution >= 4 is 18.1 Å². The smallest absolute Gasteiger partial charge is 0.335 e. The molecule has 23 heavy (non-hydrogen) atoms. The van der Waals surface area contributed by atoms with Crippen molar-refractivity contribution in [2.24, 2.45) is 5.10 Å². The number of nitrogens with zero attached hydrogens (tertiary/aromatic N) is 3. The van der Waals surface area contributed by atoms with Crippen LogP contribution in [0.15, 0.2) is 65.9 Å². The number of benzene rings is 2. The Kier molecular flexibility index (Phi) is 3.88. The summed E-state index contributed by atoms with van der Waals surface area (Å²) in [5.41, 5.74) is 8.56. The van der Waals surface area contributed by atoms with Gasteiger partial charge < -0.3 is 10.8 Å². The number of aromatic nitrogens is 2. The molecule has 0 aliphatic rings. The minimum Gasteiger partial charge on any atom is -0.478 e. The van der Waals surface area contributed by atoms with Crippen LogP contribution in [0.2, 0.25) is 0 Å². The van der Waals surface area contributed by atoms with Crippen LogP contribution in [-0.4, -0.2) is 27.0 Å². The zero-order chi connectivity index (χ0) is 16.2. The van der Waals surface area contributed by atoms with E-state index < -0.39 is 5.97 Å². The first-order chi connectivity index (χ1) is 11.1.